The van der Waals surface area contributed by atoms with E-state index < -0.39 is 0 Å². The average Bonchev–Trinajstić information content (AvgIpc) is 3.31. The molecule has 2 heterocycles. The van der Waals surface area contributed by atoms with Gasteiger partial charge in [0.25, 0.3) is 0 Å². The third kappa shape index (κ3) is 4.81. The lowest BCUT2D eigenvalue weighted by Gasteiger charge is -2.40. The van der Waals surface area contributed by atoms with Crippen molar-refractivity contribution in [2.75, 3.05) is 26.2 Å². The van der Waals surface area contributed by atoms with Gasteiger partial charge in [0.05, 0.1) is 12.6 Å². The molecular weight excluding hydrogens is 425 g/mol. The Balaban J connectivity index is 1.29. The van der Waals surface area contributed by atoms with Gasteiger partial charge in [-0.1, -0.05) is 71.4 Å². The fourth-order valence-corrected chi connectivity index (χ4v) is 4.94. The number of rotatable bonds is 6. The zero-order chi connectivity index (χ0) is 23.5. The monoisotopic (exact) mass is 455 g/mol. The van der Waals surface area contributed by atoms with E-state index in [2.05, 4.69) is 77.3 Å². The quantitative estimate of drug-likeness (QED) is 0.357. The van der Waals surface area contributed by atoms with Gasteiger partial charge in [-0.2, -0.15) is 0 Å². The lowest BCUT2D eigenvalue weighted by Crippen LogP contribution is -2.47. The largest absolute Gasteiger partial charge is 0.359 e. The van der Waals surface area contributed by atoms with Gasteiger partial charge < -0.3 is 4.52 Å². The van der Waals surface area contributed by atoms with Crippen LogP contribution < -0.4 is 0 Å². The van der Waals surface area contributed by atoms with Crippen molar-refractivity contribution < 1.29 is 8.91 Å². The molecule has 1 saturated heterocycles. The van der Waals surface area contributed by atoms with Gasteiger partial charge in [-0.25, -0.2) is 4.39 Å². The van der Waals surface area contributed by atoms with Crippen LogP contribution in [0.5, 0.6) is 0 Å². The van der Waals surface area contributed by atoms with Crippen LogP contribution in [-0.4, -0.2) is 41.1 Å². The molecule has 0 bridgehead atoms. The van der Waals surface area contributed by atoms with E-state index in [1.807, 2.05) is 12.1 Å². The molecule has 1 aliphatic heterocycles. The molecule has 1 fully saturated rings. The van der Waals surface area contributed by atoms with Crippen LogP contribution in [0.1, 0.15) is 34.1 Å². The molecule has 1 aliphatic rings. The van der Waals surface area contributed by atoms with Gasteiger partial charge in [-0.3, -0.25) is 9.80 Å². The first kappa shape index (κ1) is 22.5. The lowest BCUT2D eigenvalue weighted by atomic mass is 9.92. The summed E-state index contributed by atoms with van der Waals surface area (Å²) in [5.41, 5.74) is 6.34. The first-order valence-electron chi connectivity index (χ1n) is 11.9. The molecule has 0 spiro atoms. The highest BCUT2D eigenvalue weighted by atomic mass is 19.1. The Labute approximate surface area is 200 Å². The zero-order valence-electron chi connectivity index (χ0n) is 19.7. The second-order valence-corrected chi connectivity index (χ2v) is 9.14. The molecule has 5 heteroatoms. The maximum atomic E-state index is 14.1. The third-order valence-electron chi connectivity index (χ3n) is 6.70. The second kappa shape index (κ2) is 9.92. The highest BCUT2D eigenvalue weighted by Crippen LogP contribution is 2.32. The van der Waals surface area contributed by atoms with E-state index in [9.17, 15) is 4.39 Å². The predicted octanol–water partition coefficient (Wildman–Crippen LogP) is 6.00. The Bertz CT molecular complexity index is 1250. The fourth-order valence-electron chi connectivity index (χ4n) is 4.94. The van der Waals surface area contributed by atoms with Gasteiger partial charge in [0.1, 0.15) is 11.5 Å². The van der Waals surface area contributed by atoms with Gasteiger partial charge in [0.2, 0.25) is 0 Å². The van der Waals surface area contributed by atoms with Crippen LogP contribution in [0.15, 0.2) is 83.4 Å². The molecule has 0 aliphatic carbocycles. The minimum atomic E-state index is -0.283. The van der Waals surface area contributed by atoms with E-state index in [0.717, 1.165) is 31.9 Å². The summed E-state index contributed by atoms with van der Waals surface area (Å²) in [6, 6.07) is 26.3. The van der Waals surface area contributed by atoms with Crippen LogP contribution in [0.4, 0.5) is 4.39 Å². The van der Waals surface area contributed by atoms with Crippen LogP contribution in [0.2, 0.25) is 0 Å². The van der Waals surface area contributed by atoms with Crippen molar-refractivity contribution in [1.82, 2.24) is 15.0 Å². The third-order valence-corrected chi connectivity index (χ3v) is 6.70. The molecule has 3 aromatic carbocycles. The molecule has 0 saturated carbocycles. The maximum Gasteiger partial charge on any atom is 0.151 e. The first-order chi connectivity index (χ1) is 16.6. The molecule has 0 N–H and O–H groups in total. The minimum absolute atomic E-state index is 0.238. The van der Waals surface area contributed by atoms with Crippen LogP contribution in [0.25, 0.3) is 11.3 Å². The Morgan fingerprint density at radius 2 is 1.62 bits per heavy atom. The summed E-state index contributed by atoms with van der Waals surface area (Å²) >= 11 is 0. The standard InChI is InChI=1S/C29H30FN3O/c1-21-12-13-25(22(2)18-21)29(23-8-4-3-5-9-23)33-16-14-32(15-17-33)20-24-19-28(31-34-24)26-10-6-7-11-27(26)30/h3-13,18-19,29H,14-17,20H2,1-2H3. The van der Waals surface area contributed by atoms with E-state index in [4.69, 9.17) is 4.52 Å². The number of hydrogen-bond acceptors (Lipinski definition) is 4. The predicted molar refractivity (Wildman–Crippen MR) is 133 cm³/mol. The van der Waals surface area contributed by atoms with E-state index in [1.54, 1.807) is 12.1 Å². The topological polar surface area (TPSA) is 32.5 Å². The molecule has 34 heavy (non-hydrogen) atoms. The van der Waals surface area contributed by atoms with Gasteiger partial charge in [-0.05, 0) is 42.7 Å². The average molecular weight is 456 g/mol. The van der Waals surface area contributed by atoms with E-state index in [-0.39, 0.29) is 11.9 Å². The van der Waals surface area contributed by atoms with E-state index >= 15 is 0 Å². The van der Waals surface area contributed by atoms with Crippen LogP contribution >= 0.6 is 0 Å². The van der Waals surface area contributed by atoms with Crippen molar-refractivity contribution in [3.05, 3.63) is 113 Å². The number of hydrogen-bond donors (Lipinski definition) is 0. The molecule has 1 unspecified atom stereocenters. The number of nitrogens with zero attached hydrogens (tertiary/aromatic N) is 3. The fraction of sp³-hybridized carbons (Fsp3) is 0.276. The molecule has 4 aromatic rings. The summed E-state index contributed by atoms with van der Waals surface area (Å²) in [5, 5.41) is 4.10. The number of piperazine rings is 1. The van der Waals surface area contributed by atoms with Crippen LogP contribution in [0.3, 0.4) is 0 Å². The summed E-state index contributed by atoms with van der Waals surface area (Å²) in [5.74, 6) is 0.481. The molecule has 0 amide bonds. The second-order valence-electron chi connectivity index (χ2n) is 9.14. The molecule has 0 radical (unpaired) electrons. The molecular formula is C29H30FN3O. The number of aryl methyl sites for hydroxylation is 2. The number of aromatic nitrogens is 1. The maximum absolute atomic E-state index is 14.1. The Morgan fingerprint density at radius 3 is 2.35 bits per heavy atom. The smallest absolute Gasteiger partial charge is 0.151 e. The van der Waals surface area contributed by atoms with Gasteiger partial charge in [-0.15, -0.1) is 0 Å². The number of halogens is 1. The van der Waals surface area contributed by atoms with Crippen molar-refractivity contribution in [3.63, 3.8) is 0 Å². The normalized spacial score (nSPS) is 16.0. The molecule has 5 rings (SSSR count). The summed E-state index contributed by atoms with van der Waals surface area (Å²) < 4.78 is 19.6. The van der Waals surface area contributed by atoms with E-state index in [1.165, 1.54) is 28.3 Å². The molecule has 1 atom stereocenters. The van der Waals surface area contributed by atoms with Crippen LogP contribution in [-0.2, 0) is 6.54 Å². The lowest BCUT2D eigenvalue weighted by molar-refractivity contribution is 0.0978. The van der Waals surface area contributed by atoms with Gasteiger partial charge in [0, 0.05) is 37.8 Å². The van der Waals surface area contributed by atoms with Crippen molar-refractivity contribution in [3.8, 4) is 11.3 Å². The Morgan fingerprint density at radius 1 is 0.882 bits per heavy atom. The van der Waals surface area contributed by atoms with Crippen molar-refractivity contribution >= 4 is 0 Å². The molecule has 4 nitrogen and oxygen atoms in total. The van der Waals surface area contributed by atoms with E-state index in [0.29, 0.717) is 17.8 Å². The SMILES string of the molecule is Cc1ccc(C(c2ccccc2)N2CCN(Cc3cc(-c4ccccc4F)no3)CC2)c(C)c1. The van der Waals surface area contributed by atoms with Crippen molar-refractivity contribution in [2.45, 2.75) is 26.4 Å². The Kier molecular flexibility index (Phi) is 6.57. The Hall–Kier alpha value is -3.28. The highest BCUT2D eigenvalue weighted by Gasteiger charge is 2.28. The van der Waals surface area contributed by atoms with Crippen molar-refractivity contribution in [1.29, 1.82) is 0 Å². The summed E-state index contributed by atoms with van der Waals surface area (Å²) in [4.78, 5) is 4.96. The molecule has 1 aromatic heterocycles. The van der Waals surface area contributed by atoms with Gasteiger partial charge in [0.15, 0.2) is 5.76 Å². The van der Waals surface area contributed by atoms with Crippen molar-refractivity contribution in [2.24, 2.45) is 0 Å². The summed E-state index contributed by atoms with van der Waals surface area (Å²) in [7, 11) is 0. The highest BCUT2D eigenvalue weighted by molar-refractivity contribution is 5.59. The van der Waals surface area contributed by atoms with Crippen LogP contribution in [0, 0.1) is 19.7 Å². The minimum Gasteiger partial charge on any atom is -0.359 e. The molecule has 174 valence electrons. The first-order valence-corrected chi connectivity index (χ1v) is 11.9. The summed E-state index contributed by atoms with van der Waals surface area (Å²) in [6.07, 6.45) is 0. The summed E-state index contributed by atoms with van der Waals surface area (Å²) in [6.45, 7) is 8.82. The zero-order valence-corrected chi connectivity index (χ0v) is 19.7. The van der Waals surface area contributed by atoms with Gasteiger partial charge >= 0.3 is 0 Å². The number of benzene rings is 3.